The number of hydrogen-bond donors (Lipinski definition) is 0. The second kappa shape index (κ2) is 6.86. The Kier molecular flexibility index (Phi) is 5.74. The minimum Gasteiger partial charge on any atom is -0.466 e. The normalized spacial score (nSPS) is 19.9. The molecule has 1 aliphatic carbocycles. The standard InChI is InChI=1S/C13H24O2/c1-11(8-9-15-12(2)14)10-13-6-4-3-5-7-13/h11,13H,3-10H2,1-2H3. The first-order valence-corrected chi connectivity index (χ1v) is 6.32. The molecular formula is C13H24O2. The highest BCUT2D eigenvalue weighted by molar-refractivity contribution is 5.65. The molecule has 0 amide bonds. The molecule has 0 saturated heterocycles. The molecule has 1 aliphatic rings. The van der Waals surface area contributed by atoms with Gasteiger partial charge in [-0.1, -0.05) is 39.0 Å². The zero-order valence-corrected chi connectivity index (χ0v) is 10.1. The SMILES string of the molecule is CC(=O)OCCC(C)CC1CCCCC1. The van der Waals surface area contributed by atoms with Crippen LogP contribution in [-0.4, -0.2) is 12.6 Å². The molecule has 0 N–H and O–H groups in total. The van der Waals surface area contributed by atoms with Crippen molar-refractivity contribution < 1.29 is 9.53 Å². The van der Waals surface area contributed by atoms with Crippen LogP contribution in [0.15, 0.2) is 0 Å². The third-order valence-electron chi connectivity index (χ3n) is 3.38. The van der Waals surface area contributed by atoms with Crippen molar-refractivity contribution in [2.75, 3.05) is 6.61 Å². The van der Waals surface area contributed by atoms with Crippen LogP contribution in [0.1, 0.15) is 58.8 Å². The van der Waals surface area contributed by atoms with Crippen molar-refractivity contribution in [3.63, 3.8) is 0 Å². The van der Waals surface area contributed by atoms with Crippen molar-refractivity contribution in [1.29, 1.82) is 0 Å². The van der Waals surface area contributed by atoms with E-state index in [4.69, 9.17) is 4.74 Å². The van der Waals surface area contributed by atoms with Crippen molar-refractivity contribution in [2.45, 2.75) is 58.8 Å². The largest absolute Gasteiger partial charge is 0.466 e. The lowest BCUT2D eigenvalue weighted by atomic mass is 9.82. The highest BCUT2D eigenvalue weighted by atomic mass is 16.5. The van der Waals surface area contributed by atoms with Gasteiger partial charge in [0.25, 0.3) is 0 Å². The Hall–Kier alpha value is -0.530. The van der Waals surface area contributed by atoms with Crippen LogP contribution < -0.4 is 0 Å². The lowest BCUT2D eigenvalue weighted by Crippen LogP contribution is -2.12. The van der Waals surface area contributed by atoms with Crippen molar-refractivity contribution in [3.8, 4) is 0 Å². The van der Waals surface area contributed by atoms with E-state index in [0.717, 1.165) is 12.3 Å². The molecule has 1 fully saturated rings. The summed E-state index contributed by atoms with van der Waals surface area (Å²) in [6, 6.07) is 0. The van der Waals surface area contributed by atoms with Crippen LogP contribution in [-0.2, 0) is 9.53 Å². The van der Waals surface area contributed by atoms with E-state index in [9.17, 15) is 4.79 Å². The molecule has 0 aromatic heterocycles. The Balaban J connectivity index is 2.06. The van der Waals surface area contributed by atoms with Crippen molar-refractivity contribution in [2.24, 2.45) is 11.8 Å². The topological polar surface area (TPSA) is 26.3 Å². The molecule has 0 radical (unpaired) electrons. The van der Waals surface area contributed by atoms with Gasteiger partial charge in [-0.05, 0) is 24.7 Å². The molecule has 15 heavy (non-hydrogen) atoms. The third kappa shape index (κ3) is 5.81. The molecule has 0 aliphatic heterocycles. The van der Waals surface area contributed by atoms with Gasteiger partial charge in [-0.15, -0.1) is 0 Å². The second-order valence-electron chi connectivity index (χ2n) is 4.97. The molecule has 0 aromatic rings. The summed E-state index contributed by atoms with van der Waals surface area (Å²) in [6.45, 7) is 4.35. The fourth-order valence-electron chi connectivity index (χ4n) is 2.51. The van der Waals surface area contributed by atoms with Gasteiger partial charge in [0.05, 0.1) is 6.61 Å². The maximum atomic E-state index is 10.6. The summed E-state index contributed by atoms with van der Waals surface area (Å²) >= 11 is 0. The van der Waals surface area contributed by atoms with E-state index in [0.29, 0.717) is 12.5 Å². The first kappa shape index (κ1) is 12.5. The Morgan fingerprint density at radius 2 is 2.00 bits per heavy atom. The number of hydrogen-bond acceptors (Lipinski definition) is 2. The summed E-state index contributed by atoms with van der Waals surface area (Å²) in [5.41, 5.74) is 0. The fourth-order valence-corrected chi connectivity index (χ4v) is 2.51. The van der Waals surface area contributed by atoms with Crippen LogP contribution in [0.4, 0.5) is 0 Å². The van der Waals surface area contributed by atoms with E-state index in [-0.39, 0.29) is 5.97 Å². The number of rotatable bonds is 5. The van der Waals surface area contributed by atoms with E-state index in [1.165, 1.54) is 45.4 Å². The van der Waals surface area contributed by atoms with Gasteiger partial charge in [0.2, 0.25) is 0 Å². The summed E-state index contributed by atoms with van der Waals surface area (Å²) in [6.07, 6.45) is 9.44. The summed E-state index contributed by atoms with van der Waals surface area (Å²) in [5.74, 6) is 1.48. The monoisotopic (exact) mass is 212 g/mol. The molecule has 1 unspecified atom stereocenters. The molecule has 2 heteroatoms. The van der Waals surface area contributed by atoms with Crippen LogP contribution in [0.3, 0.4) is 0 Å². The first-order chi connectivity index (χ1) is 7.18. The highest BCUT2D eigenvalue weighted by Crippen LogP contribution is 2.29. The molecule has 2 nitrogen and oxygen atoms in total. The Labute approximate surface area is 93.4 Å². The van der Waals surface area contributed by atoms with Crippen molar-refractivity contribution >= 4 is 5.97 Å². The molecule has 0 heterocycles. The smallest absolute Gasteiger partial charge is 0.302 e. The van der Waals surface area contributed by atoms with Gasteiger partial charge in [-0.25, -0.2) is 0 Å². The molecular weight excluding hydrogens is 188 g/mol. The zero-order chi connectivity index (χ0) is 11.1. The first-order valence-electron chi connectivity index (χ1n) is 6.32. The van der Waals surface area contributed by atoms with Gasteiger partial charge in [-0.3, -0.25) is 4.79 Å². The van der Waals surface area contributed by atoms with E-state index >= 15 is 0 Å². The molecule has 0 spiro atoms. The quantitative estimate of drug-likeness (QED) is 0.651. The average molecular weight is 212 g/mol. The van der Waals surface area contributed by atoms with Gasteiger partial charge >= 0.3 is 5.97 Å². The van der Waals surface area contributed by atoms with E-state index < -0.39 is 0 Å². The van der Waals surface area contributed by atoms with Crippen molar-refractivity contribution in [1.82, 2.24) is 0 Å². The Bertz CT molecular complexity index is 183. The lowest BCUT2D eigenvalue weighted by Gasteiger charge is -2.24. The second-order valence-corrected chi connectivity index (χ2v) is 4.97. The molecule has 1 saturated carbocycles. The molecule has 0 bridgehead atoms. The number of esters is 1. The van der Waals surface area contributed by atoms with Gasteiger partial charge in [-0.2, -0.15) is 0 Å². The molecule has 1 rings (SSSR count). The highest BCUT2D eigenvalue weighted by Gasteiger charge is 2.16. The third-order valence-corrected chi connectivity index (χ3v) is 3.38. The summed E-state index contributed by atoms with van der Waals surface area (Å²) in [4.78, 5) is 10.6. The van der Waals surface area contributed by atoms with Gasteiger partial charge in [0.15, 0.2) is 0 Å². The van der Waals surface area contributed by atoms with E-state index in [2.05, 4.69) is 6.92 Å². The predicted molar refractivity (Wildman–Crippen MR) is 61.6 cm³/mol. The van der Waals surface area contributed by atoms with Crippen LogP contribution in [0.25, 0.3) is 0 Å². The van der Waals surface area contributed by atoms with Crippen LogP contribution in [0.5, 0.6) is 0 Å². The maximum absolute atomic E-state index is 10.6. The van der Waals surface area contributed by atoms with Crippen LogP contribution in [0.2, 0.25) is 0 Å². The molecule has 0 aromatic carbocycles. The number of ether oxygens (including phenoxy) is 1. The van der Waals surface area contributed by atoms with E-state index in [1.54, 1.807) is 0 Å². The Morgan fingerprint density at radius 1 is 1.33 bits per heavy atom. The zero-order valence-electron chi connectivity index (χ0n) is 10.1. The maximum Gasteiger partial charge on any atom is 0.302 e. The summed E-state index contributed by atoms with van der Waals surface area (Å²) in [5, 5.41) is 0. The van der Waals surface area contributed by atoms with Gasteiger partial charge in [0.1, 0.15) is 0 Å². The average Bonchev–Trinajstić information content (AvgIpc) is 2.18. The lowest BCUT2D eigenvalue weighted by molar-refractivity contribution is -0.141. The van der Waals surface area contributed by atoms with E-state index in [1.807, 2.05) is 0 Å². The Morgan fingerprint density at radius 3 is 2.60 bits per heavy atom. The number of carbonyl (C=O) groups excluding carboxylic acids is 1. The van der Waals surface area contributed by atoms with Gasteiger partial charge in [0, 0.05) is 6.92 Å². The van der Waals surface area contributed by atoms with Crippen molar-refractivity contribution in [3.05, 3.63) is 0 Å². The van der Waals surface area contributed by atoms with Crippen LogP contribution in [0, 0.1) is 11.8 Å². The van der Waals surface area contributed by atoms with Gasteiger partial charge < -0.3 is 4.74 Å². The summed E-state index contributed by atoms with van der Waals surface area (Å²) in [7, 11) is 0. The molecule has 1 atom stereocenters. The number of carbonyl (C=O) groups is 1. The minimum absolute atomic E-state index is 0.153. The van der Waals surface area contributed by atoms with Crippen LogP contribution >= 0.6 is 0 Å². The predicted octanol–water partition coefficient (Wildman–Crippen LogP) is 3.55. The summed E-state index contributed by atoms with van der Waals surface area (Å²) < 4.78 is 4.96. The fraction of sp³-hybridized carbons (Fsp3) is 0.923. The molecule has 88 valence electrons. The minimum atomic E-state index is -0.153.